The highest BCUT2D eigenvalue weighted by Gasteiger charge is 2.35. The standard InChI is InChI=1S/C28H31N3O8/c1-28(37,13-16-32)19-38-17-18-39-22-9-7-21(8-10-22)29-14-11-23(26(29)35)30-15-12-24(33)31(27(30)36)25(34)20-5-3-2-4-6-20/h2-10,12,15,23,32,37H,11,13-14,16-19H2,1H3. The fourth-order valence-electron chi connectivity index (χ4n) is 4.35. The maximum atomic E-state index is 13.3. The van der Waals surface area contributed by atoms with Gasteiger partial charge in [0, 0.05) is 43.1 Å². The van der Waals surface area contributed by atoms with Crippen LogP contribution in [0, 0.1) is 0 Å². The highest BCUT2D eigenvalue weighted by Crippen LogP contribution is 2.29. The Morgan fingerprint density at radius 3 is 2.44 bits per heavy atom. The fraction of sp³-hybridized carbons (Fsp3) is 0.357. The molecule has 2 aromatic carbocycles. The molecule has 0 spiro atoms. The zero-order valence-corrected chi connectivity index (χ0v) is 21.6. The molecule has 2 atom stereocenters. The van der Waals surface area contributed by atoms with Gasteiger partial charge in [-0.15, -0.1) is 0 Å². The van der Waals surface area contributed by atoms with Gasteiger partial charge in [-0.1, -0.05) is 18.2 Å². The number of aromatic nitrogens is 2. The molecule has 4 rings (SSSR count). The van der Waals surface area contributed by atoms with Crippen LogP contribution in [0.25, 0.3) is 0 Å². The van der Waals surface area contributed by atoms with Crippen molar-refractivity contribution in [2.75, 3.05) is 37.9 Å². The van der Waals surface area contributed by atoms with E-state index in [0.29, 0.717) is 29.0 Å². The summed E-state index contributed by atoms with van der Waals surface area (Å²) in [7, 11) is 0. The van der Waals surface area contributed by atoms with Crippen LogP contribution in [0.3, 0.4) is 0 Å². The molecule has 0 aliphatic carbocycles. The summed E-state index contributed by atoms with van der Waals surface area (Å²) in [4.78, 5) is 53.2. The maximum absolute atomic E-state index is 13.3. The molecular formula is C28H31N3O8. The molecule has 1 saturated heterocycles. The topological polar surface area (TPSA) is 140 Å². The number of aliphatic hydroxyl groups excluding tert-OH is 1. The monoisotopic (exact) mass is 537 g/mol. The van der Waals surface area contributed by atoms with Crippen LogP contribution in [0.1, 0.15) is 36.2 Å². The molecule has 2 unspecified atom stereocenters. The molecule has 1 aliphatic rings. The lowest BCUT2D eigenvalue weighted by Crippen LogP contribution is -2.45. The van der Waals surface area contributed by atoms with E-state index in [-0.39, 0.29) is 44.3 Å². The molecule has 11 nitrogen and oxygen atoms in total. The van der Waals surface area contributed by atoms with E-state index >= 15 is 0 Å². The van der Waals surface area contributed by atoms with Crippen molar-refractivity contribution in [3.05, 3.63) is 93.3 Å². The second-order valence-electron chi connectivity index (χ2n) is 9.51. The van der Waals surface area contributed by atoms with Gasteiger partial charge >= 0.3 is 5.69 Å². The van der Waals surface area contributed by atoms with Crippen LogP contribution in [0.15, 0.2) is 76.4 Å². The van der Waals surface area contributed by atoms with Gasteiger partial charge in [0.05, 0.1) is 18.8 Å². The maximum Gasteiger partial charge on any atom is 0.338 e. The molecule has 206 valence electrons. The number of hydrogen-bond acceptors (Lipinski definition) is 8. The van der Waals surface area contributed by atoms with Crippen LogP contribution in [0.4, 0.5) is 5.69 Å². The number of hydrogen-bond donors (Lipinski definition) is 2. The van der Waals surface area contributed by atoms with Gasteiger partial charge in [0.25, 0.3) is 11.5 Å². The number of nitrogens with zero attached hydrogens (tertiary/aromatic N) is 3. The molecule has 2 heterocycles. The predicted molar refractivity (Wildman–Crippen MR) is 142 cm³/mol. The minimum absolute atomic E-state index is 0.0785. The van der Waals surface area contributed by atoms with E-state index in [0.717, 1.165) is 10.6 Å². The minimum atomic E-state index is -1.10. The Labute approximate surface area is 224 Å². The Morgan fingerprint density at radius 1 is 1.03 bits per heavy atom. The van der Waals surface area contributed by atoms with E-state index in [2.05, 4.69) is 0 Å². The quantitative estimate of drug-likeness (QED) is 0.348. The SMILES string of the molecule is CC(O)(CCO)COCCOc1ccc(N2CCC(n3ccc(=O)n(C(=O)c4ccccc4)c3=O)C2=O)cc1. The van der Waals surface area contributed by atoms with E-state index < -0.39 is 28.8 Å². The van der Waals surface area contributed by atoms with Gasteiger partial charge in [0.15, 0.2) is 0 Å². The Morgan fingerprint density at radius 2 is 1.74 bits per heavy atom. The number of anilines is 1. The van der Waals surface area contributed by atoms with Crippen LogP contribution in [0.2, 0.25) is 0 Å². The number of ether oxygens (including phenoxy) is 2. The number of carbonyl (C=O) groups excluding carboxylic acids is 2. The van der Waals surface area contributed by atoms with E-state index in [9.17, 15) is 24.3 Å². The van der Waals surface area contributed by atoms with Crippen LogP contribution in [-0.2, 0) is 9.53 Å². The smallest absolute Gasteiger partial charge is 0.338 e. The van der Waals surface area contributed by atoms with Gasteiger partial charge in [0.1, 0.15) is 18.4 Å². The molecule has 1 aliphatic heterocycles. The third-order valence-electron chi connectivity index (χ3n) is 6.46. The lowest BCUT2D eigenvalue weighted by Gasteiger charge is -2.22. The van der Waals surface area contributed by atoms with Crippen molar-refractivity contribution in [3.63, 3.8) is 0 Å². The summed E-state index contributed by atoms with van der Waals surface area (Å²) >= 11 is 0. The van der Waals surface area contributed by atoms with Crippen molar-refractivity contribution >= 4 is 17.5 Å². The highest BCUT2D eigenvalue weighted by atomic mass is 16.5. The molecule has 0 bridgehead atoms. The first kappa shape index (κ1) is 28.0. The van der Waals surface area contributed by atoms with Gasteiger partial charge in [-0.3, -0.25) is 19.0 Å². The van der Waals surface area contributed by atoms with Gasteiger partial charge in [-0.05, 0) is 49.7 Å². The van der Waals surface area contributed by atoms with Crippen LogP contribution in [0.5, 0.6) is 5.75 Å². The normalized spacial score (nSPS) is 16.7. The van der Waals surface area contributed by atoms with Crippen molar-refractivity contribution in [2.45, 2.75) is 31.4 Å². The Kier molecular flexibility index (Phi) is 8.75. The summed E-state index contributed by atoms with van der Waals surface area (Å²) in [5.74, 6) is -0.513. The Bertz CT molecular complexity index is 1410. The summed E-state index contributed by atoms with van der Waals surface area (Å²) < 4.78 is 12.7. The van der Waals surface area contributed by atoms with E-state index in [1.807, 2.05) is 0 Å². The highest BCUT2D eigenvalue weighted by molar-refractivity contribution is 5.98. The average molecular weight is 538 g/mol. The van der Waals surface area contributed by atoms with Crippen LogP contribution >= 0.6 is 0 Å². The molecule has 1 amide bonds. The molecule has 3 aromatic rings. The van der Waals surface area contributed by atoms with Gasteiger partial charge < -0.3 is 24.6 Å². The molecule has 1 aromatic heterocycles. The van der Waals surface area contributed by atoms with E-state index in [4.69, 9.17) is 14.6 Å². The van der Waals surface area contributed by atoms with Gasteiger partial charge in [0.2, 0.25) is 5.91 Å². The summed E-state index contributed by atoms with van der Waals surface area (Å²) in [6.45, 7) is 2.39. The van der Waals surface area contributed by atoms with Crippen molar-refractivity contribution in [3.8, 4) is 5.75 Å². The third kappa shape index (κ3) is 6.51. The first-order chi connectivity index (χ1) is 18.7. The Balaban J connectivity index is 1.39. The molecule has 2 N–H and O–H groups in total. The second kappa shape index (κ2) is 12.2. The lowest BCUT2D eigenvalue weighted by molar-refractivity contribution is -0.119. The minimum Gasteiger partial charge on any atom is -0.491 e. The summed E-state index contributed by atoms with van der Waals surface area (Å²) in [5.41, 5.74) is -1.91. The van der Waals surface area contributed by atoms with E-state index in [1.165, 1.54) is 18.3 Å². The number of carbonyl (C=O) groups is 2. The molecule has 39 heavy (non-hydrogen) atoms. The average Bonchev–Trinajstić information content (AvgIpc) is 3.30. The lowest BCUT2D eigenvalue weighted by atomic mass is 10.1. The first-order valence-electron chi connectivity index (χ1n) is 12.6. The largest absolute Gasteiger partial charge is 0.491 e. The number of benzene rings is 2. The molecular weight excluding hydrogens is 506 g/mol. The number of amides is 1. The molecule has 1 fully saturated rings. The van der Waals surface area contributed by atoms with Crippen LogP contribution < -0.4 is 20.9 Å². The summed E-state index contributed by atoms with van der Waals surface area (Å²) in [6, 6.07) is 15.1. The molecule has 0 saturated carbocycles. The van der Waals surface area contributed by atoms with Crippen molar-refractivity contribution in [1.29, 1.82) is 0 Å². The zero-order chi connectivity index (χ0) is 28.0. The third-order valence-corrected chi connectivity index (χ3v) is 6.46. The van der Waals surface area contributed by atoms with Gasteiger partial charge in [-0.25, -0.2) is 4.79 Å². The molecule has 0 radical (unpaired) electrons. The number of rotatable bonds is 11. The van der Waals surface area contributed by atoms with Crippen LogP contribution in [-0.4, -0.2) is 69.7 Å². The van der Waals surface area contributed by atoms with E-state index in [1.54, 1.807) is 54.3 Å². The summed E-state index contributed by atoms with van der Waals surface area (Å²) in [5, 5.41) is 18.9. The van der Waals surface area contributed by atoms with Crippen molar-refractivity contribution in [2.24, 2.45) is 0 Å². The fourth-order valence-corrected chi connectivity index (χ4v) is 4.35. The van der Waals surface area contributed by atoms with Crippen molar-refractivity contribution < 1.29 is 29.3 Å². The molecule has 11 heteroatoms. The van der Waals surface area contributed by atoms with Gasteiger partial charge in [-0.2, -0.15) is 4.57 Å². The van der Waals surface area contributed by atoms with Crippen molar-refractivity contribution in [1.82, 2.24) is 9.13 Å². The summed E-state index contributed by atoms with van der Waals surface area (Å²) in [6.07, 6.45) is 1.80. The second-order valence-corrected chi connectivity index (χ2v) is 9.51. The number of aliphatic hydroxyl groups is 2. The Hall–Kier alpha value is -4.06. The predicted octanol–water partition coefficient (Wildman–Crippen LogP) is 1.21. The zero-order valence-electron chi connectivity index (χ0n) is 21.6. The first-order valence-corrected chi connectivity index (χ1v) is 12.6.